The number of hydrogen-bond donors (Lipinski definition) is 0. The standard InChI is InChI=1S/C24H20Cl2N2O2S/c1-14-11-18(16(3)28(14)21-6-4-5-20(26)15(21)2)12-22-23(29)27(24(30)31-22)13-17-7-9-19(25)10-8-17/h4-12H,13H2,1-3H3/b22-12-. The summed E-state index contributed by atoms with van der Waals surface area (Å²) in [5.41, 5.74) is 5.73. The molecule has 1 aliphatic heterocycles. The Morgan fingerprint density at radius 1 is 1.00 bits per heavy atom. The summed E-state index contributed by atoms with van der Waals surface area (Å²) in [7, 11) is 0. The fourth-order valence-electron chi connectivity index (χ4n) is 3.69. The van der Waals surface area contributed by atoms with Crippen molar-refractivity contribution in [3.05, 3.63) is 91.6 Å². The minimum Gasteiger partial charge on any atom is -0.318 e. The molecule has 1 aromatic heterocycles. The Hall–Kier alpha value is -2.47. The highest BCUT2D eigenvalue weighted by Crippen LogP contribution is 2.35. The Morgan fingerprint density at radius 3 is 2.42 bits per heavy atom. The topological polar surface area (TPSA) is 42.3 Å². The van der Waals surface area contributed by atoms with Crippen LogP contribution in [0.3, 0.4) is 0 Å². The fraction of sp³-hybridized carbons (Fsp3) is 0.167. The summed E-state index contributed by atoms with van der Waals surface area (Å²) in [6, 6.07) is 15.0. The molecule has 3 aromatic rings. The van der Waals surface area contributed by atoms with Crippen LogP contribution in [-0.4, -0.2) is 20.6 Å². The first kappa shape index (κ1) is 21.8. The van der Waals surface area contributed by atoms with Crippen LogP contribution in [0.15, 0.2) is 53.4 Å². The molecular weight excluding hydrogens is 451 g/mol. The molecule has 0 spiro atoms. The summed E-state index contributed by atoms with van der Waals surface area (Å²) < 4.78 is 2.12. The summed E-state index contributed by atoms with van der Waals surface area (Å²) >= 11 is 13.2. The van der Waals surface area contributed by atoms with Gasteiger partial charge < -0.3 is 4.57 Å². The van der Waals surface area contributed by atoms with Crippen LogP contribution in [0.4, 0.5) is 4.79 Å². The number of benzene rings is 2. The van der Waals surface area contributed by atoms with Crippen molar-refractivity contribution in [3.63, 3.8) is 0 Å². The highest BCUT2D eigenvalue weighted by atomic mass is 35.5. The maximum Gasteiger partial charge on any atom is 0.293 e. The van der Waals surface area contributed by atoms with Crippen LogP contribution in [-0.2, 0) is 11.3 Å². The van der Waals surface area contributed by atoms with Crippen LogP contribution in [0.25, 0.3) is 11.8 Å². The molecule has 31 heavy (non-hydrogen) atoms. The lowest BCUT2D eigenvalue weighted by Gasteiger charge is -2.13. The second-order valence-electron chi connectivity index (χ2n) is 7.44. The Balaban J connectivity index is 1.65. The van der Waals surface area contributed by atoms with Crippen molar-refractivity contribution < 1.29 is 9.59 Å². The van der Waals surface area contributed by atoms with Gasteiger partial charge in [0.05, 0.1) is 11.4 Å². The van der Waals surface area contributed by atoms with Gasteiger partial charge in [0, 0.05) is 27.1 Å². The van der Waals surface area contributed by atoms with Crippen LogP contribution in [0, 0.1) is 20.8 Å². The number of halogens is 2. The Labute approximate surface area is 195 Å². The van der Waals surface area contributed by atoms with Crippen LogP contribution in [0.1, 0.15) is 28.1 Å². The van der Waals surface area contributed by atoms with Crippen LogP contribution >= 0.6 is 35.0 Å². The maximum atomic E-state index is 12.9. The molecule has 2 amide bonds. The molecule has 0 saturated carbocycles. The van der Waals surface area contributed by atoms with Gasteiger partial charge in [-0.3, -0.25) is 14.5 Å². The van der Waals surface area contributed by atoms with E-state index in [4.69, 9.17) is 23.2 Å². The Bertz CT molecular complexity index is 1230. The minimum atomic E-state index is -0.284. The van der Waals surface area contributed by atoms with Crippen molar-refractivity contribution >= 4 is 52.2 Å². The van der Waals surface area contributed by atoms with Gasteiger partial charge in [-0.15, -0.1) is 0 Å². The summed E-state index contributed by atoms with van der Waals surface area (Å²) in [6.45, 7) is 6.21. The van der Waals surface area contributed by atoms with E-state index in [1.165, 1.54) is 4.90 Å². The average Bonchev–Trinajstić information content (AvgIpc) is 3.15. The van der Waals surface area contributed by atoms with Crippen LogP contribution in [0.5, 0.6) is 0 Å². The number of aromatic nitrogens is 1. The number of nitrogens with zero attached hydrogens (tertiary/aromatic N) is 2. The number of rotatable bonds is 4. The van der Waals surface area contributed by atoms with E-state index in [2.05, 4.69) is 4.57 Å². The second kappa shape index (κ2) is 8.58. The second-order valence-corrected chi connectivity index (χ2v) is 9.28. The first-order valence-corrected chi connectivity index (χ1v) is 11.3. The molecule has 0 radical (unpaired) electrons. The van der Waals surface area contributed by atoms with Crippen molar-refractivity contribution in [2.45, 2.75) is 27.3 Å². The third-order valence-corrected chi connectivity index (χ3v) is 6.93. The monoisotopic (exact) mass is 470 g/mol. The van der Waals surface area contributed by atoms with Crippen molar-refractivity contribution in [1.82, 2.24) is 9.47 Å². The van der Waals surface area contributed by atoms with Gasteiger partial charge in [-0.1, -0.05) is 41.4 Å². The van der Waals surface area contributed by atoms with E-state index in [0.717, 1.165) is 45.5 Å². The largest absolute Gasteiger partial charge is 0.318 e. The molecule has 2 heterocycles. The number of imide groups is 1. The number of aryl methyl sites for hydroxylation is 1. The van der Waals surface area contributed by atoms with Gasteiger partial charge >= 0.3 is 0 Å². The smallest absolute Gasteiger partial charge is 0.293 e. The molecule has 0 bridgehead atoms. The summed E-state index contributed by atoms with van der Waals surface area (Å²) in [4.78, 5) is 27.1. The molecular formula is C24H20Cl2N2O2S. The van der Waals surface area contributed by atoms with Gasteiger partial charge in [0.15, 0.2) is 0 Å². The number of carbonyl (C=O) groups excluding carboxylic acids is 2. The summed E-state index contributed by atoms with van der Waals surface area (Å²) in [5.74, 6) is -0.284. The predicted molar refractivity (Wildman–Crippen MR) is 128 cm³/mol. The van der Waals surface area contributed by atoms with Crippen molar-refractivity contribution in [1.29, 1.82) is 0 Å². The molecule has 4 rings (SSSR count). The van der Waals surface area contributed by atoms with E-state index in [0.29, 0.717) is 15.0 Å². The zero-order valence-electron chi connectivity index (χ0n) is 17.3. The van der Waals surface area contributed by atoms with Crippen LogP contribution < -0.4 is 0 Å². The average molecular weight is 471 g/mol. The lowest BCUT2D eigenvalue weighted by Crippen LogP contribution is -2.27. The highest BCUT2D eigenvalue weighted by Gasteiger charge is 2.35. The third kappa shape index (κ3) is 4.18. The lowest BCUT2D eigenvalue weighted by molar-refractivity contribution is -0.123. The number of hydrogen-bond acceptors (Lipinski definition) is 3. The van der Waals surface area contributed by atoms with Gasteiger partial charge in [-0.05, 0) is 85.6 Å². The molecule has 4 nitrogen and oxygen atoms in total. The maximum absolute atomic E-state index is 12.9. The lowest BCUT2D eigenvalue weighted by atomic mass is 10.2. The Kier molecular flexibility index (Phi) is 6.02. The molecule has 158 valence electrons. The Morgan fingerprint density at radius 2 is 1.71 bits per heavy atom. The molecule has 2 aromatic carbocycles. The third-order valence-electron chi connectivity index (χ3n) is 5.36. The van der Waals surface area contributed by atoms with Crippen molar-refractivity contribution in [2.24, 2.45) is 0 Å². The summed E-state index contributed by atoms with van der Waals surface area (Å²) in [6.07, 6.45) is 1.80. The van der Waals surface area contributed by atoms with E-state index >= 15 is 0 Å². The molecule has 1 aliphatic rings. The SMILES string of the molecule is Cc1c(Cl)cccc1-n1c(C)cc(/C=C2\SC(=O)N(Cc3ccc(Cl)cc3)C2=O)c1C. The number of thioether (sulfide) groups is 1. The quantitative estimate of drug-likeness (QED) is 0.387. The van der Waals surface area contributed by atoms with E-state index in [9.17, 15) is 9.59 Å². The molecule has 7 heteroatoms. The fourth-order valence-corrected chi connectivity index (χ4v) is 4.82. The van der Waals surface area contributed by atoms with Crippen molar-refractivity contribution in [3.8, 4) is 5.69 Å². The van der Waals surface area contributed by atoms with Crippen molar-refractivity contribution in [2.75, 3.05) is 0 Å². The molecule has 0 atom stereocenters. The van der Waals surface area contributed by atoms with Gasteiger partial charge in [0.1, 0.15) is 0 Å². The molecule has 0 aliphatic carbocycles. The van der Waals surface area contributed by atoms with Gasteiger partial charge in [0.25, 0.3) is 11.1 Å². The van der Waals surface area contributed by atoms with E-state index in [1.807, 2.05) is 57.2 Å². The number of amides is 2. The van der Waals surface area contributed by atoms with E-state index in [-0.39, 0.29) is 17.7 Å². The molecule has 1 fully saturated rings. The molecule has 0 unspecified atom stereocenters. The van der Waals surface area contributed by atoms with Gasteiger partial charge in [-0.2, -0.15) is 0 Å². The first-order valence-electron chi connectivity index (χ1n) is 9.70. The first-order chi connectivity index (χ1) is 14.8. The minimum absolute atomic E-state index is 0.222. The zero-order chi connectivity index (χ0) is 22.3. The van der Waals surface area contributed by atoms with Gasteiger partial charge in [-0.25, -0.2) is 0 Å². The summed E-state index contributed by atoms with van der Waals surface area (Å²) in [5, 5.41) is 1.05. The van der Waals surface area contributed by atoms with E-state index in [1.54, 1.807) is 18.2 Å². The molecule has 1 saturated heterocycles. The number of carbonyl (C=O) groups is 2. The molecule has 0 N–H and O–H groups in total. The van der Waals surface area contributed by atoms with Crippen LogP contribution in [0.2, 0.25) is 10.0 Å². The van der Waals surface area contributed by atoms with Gasteiger partial charge in [0.2, 0.25) is 0 Å². The normalized spacial score (nSPS) is 15.4. The predicted octanol–water partition coefficient (Wildman–Crippen LogP) is 6.95. The van der Waals surface area contributed by atoms with E-state index < -0.39 is 0 Å². The highest BCUT2D eigenvalue weighted by molar-refractivity contribution is 8.18. The zero-order valence-corrected chi connectivity index (χ0v) is 19.6.